The molecule has 0 bridgehead atoms. The molecule has 32 heavy (non-hydrogen) atoms. The Morgan fingerprint density at radius 1 is 1.09 bits per heavy atom. The average molecular weight is 434 g/mol. The number of aromatic nitrogens is 3. The normalized spacial score (nSPS) is 13.2. The predicted molar refractivity (Wildman–Crippen MR) is 117 cm³/mol. The third kappa shape index (κ3) is 3.94. The number of carbonyl (C=O) groups is 2. The van der Waals surface area contributed by atoms with E-state index in [0.717, 1.165) is 25.9 Å². The van der Waals surface area contributed by atoms with Gasteiger partial charge in [-0.1, -0.05) is 17.3 Å². The maximum atomic E-state index is 12.9. The smallest absolute Gasteiger partial charge is 0.278 e. The first-order valence-electron chi connectivity index (χ1n) is 10.2. The quantitative estimate of drug-likeness (QED) is 0.486. The van der Waals surface area contributed by atoms with Gasteiger partial charge in [0.1, 0.15) is 0 Å². The van der Waals surface area contributed by atoms with E-state index < -0.39 is 10.8 Å². The first kappa shape index (κ1) is 21.2. The van der Waals surface area contributed by atoms with Crippen LogP contribution in [0.1, 0.15) is 44.9 Å². The van der Waals surface area contributed by atoms with Gasteiger partial charge < -0.3 is 10.2 Å². The molecule has 10 nitrogen and oxygen atoms in total. The molecule has 1 saturated heterocycles. The van der Waals surface area contributed by atoms with E-state index >= 15 is 0 Å². The van der Waals surface area contributed by atoms with Gasteiger partial charge in [0.05, 0.1) is 16.3 Å². The van der Waals surface area contributed by atoms with Crippen LogP contribution in [0.5, 0.6) is 0 Å². The Kier molecular flexibility index (Phi) is 5.67. The topological polar surface area (TPSA) is 123 Å². The van der Waals surface area contributed by atoms with Crippen LogP contribution < -0.4 is 5.32 Å². The molecule has 1 fully saturated rings. The zero-order valence-electron chi connectivity index (χ0n) is 17.7. The molecule has 0 aliphatic carbocycles. The van der Waals surface area contributed by atoms with Crippen LogP contribution in [-0.2, 0) is 0 Å². The second-order valence-corrected chi connectivity index (χ2v) is 7.64. The van der Waals surface area contributed by atoms with Gasteiger partial charge in [0.25, 0.3) is 17.5 Å². The number of benzene rings is 2. The van der Waals surface area contributed by atoms with Crippen molar-refractivity contribution in [1.29, 1.82) is 0 Å². The minimum absolute atomic E-state index is 0.0381. The zero-order valence-corrected chi connectivity index (χ0v) is 17.7. The summed E-state index contributed by atoms with van der Waals surface area (Å²) in [5, 5.41) is 21.8. The predicted octanol–water partition coefficient (Wildman–Crippen LogP) is 3.28. The Labute approximate surface area is 184 Å². The van der Waals surface area contributed by atoms with Crippen LogP contribution in [0.3, 0.4) is 0 Å². The summed E-state index contributed by atoms with van der Waals surface area (Å²) >= 11 is 0. The highest BCUT2D eigenvalue weighted by Gasteiger charge is 2.23. The molecule has 4 rings (SSSR count). The van der Waals surface area contributed by atoms with Crippen LogP contribution in [0.25, 0.3) is 5.69 Å². The fourth-order valence-corrected chi connectivity index (χ4v) is 3.80. The molecule has 2 aromatic carbocycles. The van der Waals surface area contributed by atoms with E-state index in [-0.39, 0.29) is 17.3 Å². The maximum Gasteiger partial charge on any atom is 0.278 e. The standard InChI is InChI=1S/C22H22N6O4/c1-14-18(22(30)26-11-3-4-12-26)9-6-10-19(14)23-21(29)20-15(2)27(25-24-20)16-7-5-8-17(13-16)28(31)32/h5-10,13H,3-4,11-12H2,1-2H3,(H,23,29). The van der Waals surface area contributed by atoms with Crippen LogP contribution >= 0.6 is 0 Å². The summed E-state index contributed by atoms with van der Waals surface area (Å²) in [6.07, 6.45) is 2.00. The minimum Gasteiger partial charge on any atom is -0.339 e. The van der Waals surface area contributed by atoms with Gasteiger partial charge >= 0.3 is 0 Å². The maximum absolute atomic E-state index is 12.9. The first-order chi connectivity index (χ1) is 15.4. The van der Waals surface area contributed by atoms with Crippen LogP contribution in [0.15, 0.2) is 42.5 Å². The van der Waals surface area contributed by atoms with Crippen LogP contribution in [0.4, 0.5) is 11.4 Å². The number of anilines is 1. The van der Waals surface area contributed by atoms with Crippen molar-refractivity contribution in [1.82, 2.24) is 19.9 Å². The van der Waals surface area contributed by atoms with Crippen molar-refractivity contribution in [3.8, 4) is 5.69 Å². The second kappa shape index (κ2) is 8.58. The summed E-state index contributed by atoms with van der Waals surface area (Å²) in [4.78, 5) is 38.1. The summed E-state index contributed by atoms with van der Waals surface area (Å²) in [7, 11) is 0. The van der Waals surface area contributed by atoms with Gasteiger partial charge in [-0.15, -0.1) is 5.10 Å². The van der Waals surface area contributed by atoms with E-state index in [9.17, 15) is 19.7 Å². The monoisotopic (exact) mass is 434 g/mol. The van der Waals surface area contributed by atoms with Crippen molar-refractivity contribution in [2.24, 2.45) is 0 Å². The Morgan fingerprint density at radius 3 is 2.53 bits per heavy atom. The molecule has 0 spiro atoms. The SMILES string of the molecule is Cc1c(NC(=O)c2nnn(-c3cccc([N+](=O)[O-])c3)c2C)cccc1C(=O)N1CCCC1. The molecular formula is C22H22N6O4. The number of hydrogen-bond donors (Lipinski definition) is 1. The van der Waals surface area contributed by atoms with Gasteiger partial charge in [0.15, 0.2) is 5.69 Å². The van der Waals surface area contributed by atoms with E-state index in [1.807, 2.05) is 4.90 Å². The minimum atomic E-state index is -0.497. The molecule has 1 N–H and O–H groups in total. The number of nitrogens with zero attached hydrogens (tertiary/aromatic N) is 5. The van der Waals surface area contributed by atoms with E-state index in [1.165, 1.54) is 16.8 Å². The first-order valence-corrected chi connectivity index (χ1v) is 10.2. The number of rotatable bonds is 5. The summed E-state index contributed by atoms with van der Waals surface area (Å²) < 4.78 is 1.38. The van der Waals surface area contributed by atoms with E-state index in [4.69, 9.17) is 0 Å². The highest BCUT2D eigenvalue weighted by Crippen LogP contribution is 2.24. The molecule has 3 aromatic rings. The van der Waals surface area contributed by atoms with Gasteiger partial charge in [-0.2, -0.15) is 0 Å². The molecule has 1 aliphatic rings. The number of amides is 2. The summed E-state index contributed by atoms with van der Waals surface area (Å²) in [6.45, 7) is 4.95. The van der Waals surface area contributed by atoms with Crippen LogP contribution in [0, 0.1) is 24.0 Å². The Hall–Kier alpha value is -4.08. The molecule has 2 heterocycles. The van der Waals surface area contributed by atoms with Gasteiger partial charge in [-0.05, 0) is 50.5 Å². The largest absolute Gasteiger partial charge is 0.339 e. The second-order valence-electron chi connectivity index (χ2n) is 7.64. The molecule has 1 aliphatic heterocycles. The number of likely N-dealkylation sites (tertiary alicyclic amines) is 1. The number of nitro benzene ring substituents is 1. The molecule has 1 aromatic heterocycles. The number of nitrogens with one attached hydrogen (secondary N) is 1. The van der Waals surface area contributed by atoms with E-state index in [2.05, 4.69) is 15.6 Å². The summed E-state index contributed by atoms with van der Waals surface area (Å²) in [5.41, 5.74) is 2.63. The van der Waals surface area contributed by atoms with Crippen molar-refractivity contribution in [3.63, 3.8) is 0 Å². The fraction of sp³-hybridized carbons (Fsp3) is 0.273. The highest BCUT2D eigenvalue weighted by molar-refractivity contribution is 6.05. The Morgan fingerprint density at radius 2 is 1.81 bits per heavy atom. The molecule has 0 saturated carbocycles. The van der Waals surface area contributed by atoms with E-state index in [1.54, 1.807) is 44.2 Å². The van der Waals surface area contributed by atoms with Crippen molar-refractivity contribution in [3.05, 3.63) is 75.1 Å². The molecule has 0 radical (unpaired) electrons. The van der Waals surface area contributed by atoms with Crippen molar-refractivity contribution < 1.29 is 14.5 Å². The molecule has 2 amide bonds. The van der Waals surface area contributed by atoms with Crippen LogP contribution in [0.2, 0.25) is 0 Å². The number of nitro groups is 1. The lowest BCUT2D eigenvalue weighted by molar-refractivity contribution is -0.384. The lowest BCUT2D eigenvalue weighted by atomic mass is 10.1. The molecule has 0 unspecified atom stereocenters. The Bertz CT molecular complexity index is 1210. The summed E-state index contributed by atoms with van der Waals surface area (Å²) in [5.74, 6) is -0.517. The lowest BCUT2D eigenvalue weighted by Gasteiger charge is -2.18. The third-order valence-electron chi connectivity index (χ3n) is 5.60. The zero-order chi connectivity index (χ0) is 22.8. The fourth-order valence-electron chi connectivity index (χ4n) is 3.80. The van der Waals surface area contributed by atoms with Crippen molar-refractivity contribution in [2.75, 3.05) is 18.4 Å². The highest BCUT2D eigenvalue weighted by atomic mass is 16.6. The Balaban J connectivity index is 1.58. The average Bonchev–Trinajstić information content (AvgIpc) is 3.45. The van der Waals surface area contributed by atoms with Crippen molar-refractivity contribution in [2.45, 2.75) is 26.7 Å². The molecule has 10 heteroatoms. The molecule has 164 valence electrons. The van der Waals surface area contributed by atoms with Gasteiger partial charge in [-0.3, -0.25) is 19.7 Å². The van der Waals surface area contributed by atoms with E-state index in [0.29, 0.717) is 28.2 Å². The molecular weight excluding hydrogens is 412 g/mol. The van der Waals surface area contributed by atoms with Gasteiger partial charge in [0, 0.05) is 36.5 Å². The van der Waals surface area contributed by atoms with Crippen LogP contribution in [-0.4, -0.2) is 49.7 Å². The number of carbonyl (C=O) groups excluding carboxylic acids is 2. The molecule has 0 atom stereocenters. The lowest BCUT2D eigenvalue weighted by Crippen LogP contribution is -2.28. The van der Waals surface area contributed by atoms with Gasteiger partial charge in [-0.25, -0.2) is 4.68 Å². The summed E-state index contributed by atoms with van der Waals surface area (Å²) in [6, 6.07) is 11.2. The van der Waals surface area contributed by atoms with Crippen molar-refractivity contribution >= 4 is 23.2 Å². The third-order valence-corrected chi connectivity index (χ3v) is 5.60. The number of hydrogen-bond acceptors (Lipinski definition) is 6. The number of non-ortho nitro benzene ring substituents is 1. The van der Waals surface area contributed by atoms with Gasteiger partial charge in [0.2, 0.25) is 0 Å².